The van der Waals surface area contributed by atoms with E-state index in [1.165, 1.54) is 5.56 Å². The number of nitrogen functional groups attached to an aromatic ring is 1. The molecule has 0 atom stereocenters. The van der Waals surface area contributed by atoms with Crippen molar-refractivity contribution in [3.8, 4) is 11.6 Å². The molecule has 1 aromatic carbocycles. The first-order valence-electron chi connectivity index (χ1n) is 6.23. The van der Waals surface area contributed by atoms with E-state index in [0.29, 0.717) is 11.6 Å². The lowest BCUT2D eigenvalue weighted by Crippen LogP contribution is -1.97. The summed E-state index contributed by atoms with van der Waals surface area (Å²) in [5.74, 6) is 1.39. The molecule has 0 aliphatic heterocycles. The molecule has 0 unspecified atom stereocenters. The molecule has 4 heteroatoms. The smallest absolute Gasteiger partial charge is 0.241 e. The van der Waals surface area contributed by atoms with Crippen molar-refractivity contribution in [1.29, 1.82) is 0 Å². The van der Waals surface area contributed by atoms with Gasteiger partial charge in [0.2, 0.25) is 5.88 Å². The molecule has 1 aromatic heterocycles. The zero-order chi connectivity index (χ0) is 13.1. The fraction of sp³-hybridized carbons (Fsp3) is 0.357. The van der Waals surface area contributed by atoms with Crippen molar-refractivity contribution in [3.63, 3.8) is 0 Å². The van der Waals surface area contributed by atoms with Crippen molar-refractivity contribution in [2.75, 3.05) is 5.73 Å². The third-order valence-electron chi connectivity index (χ3n) is 2.99. The van der Waals surface area contributed by atoms with E-state index in [9.17, 15) is 0 Å². The molecule has 2 aromatic rings. The lowest BCUT2D eigenvalue weighted by molar-refractivity contribution is 0.432. The van der Waals surface area contributed by atoms with Gasteiger partial charge in [-0.15, -0.1) is 0 Å². The van der Waals surface area contributed by atoms with Crippen LogP contribution in [0.15, 0.2) is 24.3 Å². The molecule has 0 aliphatic rings. The highest BCUT2D eigenvalue weighted by molar-refractivity contribution is 5.54. The van der Waals surface area contributed by atoms with Gasteiger partial charge in [0.15, 0.2) is 0 Å². The quantitative estimate of drug-likeness (QED) is 0.901. The van der Waals surface area contributed by atoms with E-state index in [2.05, 4.69) is 24.2 Å². The van der Waals surface area contributed by atoms with Crippen LogP contribution < -0.4 is 10.5 Å². The summed E-state index contributed by atoms with van der Waals surface area (Å²) in [5.41, 5.74) is 8.79. The summed E-state index contributed by atoms with van der Waals surface area (Å²) in [6, 6.07) is 8.03. The van der Waals surface area contributed by atoms with Gasteiger partial charge in [-0.2, -0.15) is 5.10 Å². The molecule has 0 fully saturated rings. The normalized spacial score (nSPS) is 10.6. The lowest BCUT2D eigenvalue weighted by atomic mass is 10.2. The average Bonchev–Trinajstić information content (AvgIpc) is 2.67. The Labute approximate surface area is 107 Å². The van der Waals surface area contributed by atoms with Crippen molar-refractivity contribution < 1.29 is 4.74 Å². The maximum Gasteiger partial charge on any atom is 0.241 e. The molecule has 0 saturated heterocycles. The van der Waals surface area contributed by atoms with Crippen LogP contribution in [0.4, 0.5) is 5.69 Å². The van der Waals surface area contributed by atoms with Crippen molar-refractivity contribution in [2.24, 2.45) is 7.05 Å². The monoisotopic (exact) mass is 245 g/mol. The molecule has 0 saturated carbocycles. The van der Waals surface area contributed by atoms with E-state index in [1.54, 1.807) is 4.68 Å². The van der Waals surface area contributed by atoms with Crippen molar-refractivity contribution in [1.82, 2.24) is 9.78 Å². The molecule has 2 N–H and O–H groups in total. The van der Waals surface area contributed by atoms with Crippen LogP contribution in [-0.2, 0) is 19.9 Å². The average molecular weight is 245 g/mol. The Bertz CT molecular complexity index is 529. The summed E-state index contributed by atoms with van der Waals surface area (Å²) >= 11 is 0. The molecule has 0 aliphatic carbocycles. The minimum absolute atomic E-state index is 0.607. The molecule has 96 valence electrons. The highest BCUT2D eigenvalue weighted by atomic mass is 16.5. The summed E-state index contributed by atoms with van der Waals surface area (Å²) in [5, 5.41) is 4.33. The van der Waals surface area contributed by atoms with E-state index in [-0.39, 0.29) is 0 Å². The Hall–Kier alpha value is -1.97. The number of aromatic nitrogens is 2. The summed E-state index contributed by atoms with van der Waals surface area (Å²) in [6.07, 6.45) is 1.83. The van der Waals surface area contributed by atoms with Gasteiger partial charge in [-0.05, 0) is 30.5 Å². The minimum Gasteiger partial charge on any atom is -0.437 e. The number of nitrogens with zero attached hydrogens (tertiary/aromatic N) is 2. The SMILES string of the molecule is CCc1ccc(Oc2c(N)c(CC)nn2C)cc1. The topological polar surface area (TPSA) is 53.1 Å². The van der Waals surface area contributed by atoms with Crippen molar-refractivity contribution in [3.05, 3.63) is 35.5 Å². The van der Waals surface area contributed by atoms with Gasteiger partial charge in [0.1, 0.15) is 11.4 Å². The van der Waals surface area contributed by atoms with Crippen LogP contribution >= 0.6 is 0 Å². The first kappa shape index (κ1) is 12.5. The van der Waals surface area contributed by atoms with E-state index in [0.717, 1.165) is 24.3 Å². The number of nitrogens with two attached hydrogens (primary N) is 1. The third-order valence-corrected chi connectivity index (χ3v) is 2.99. The van der Waals surface area contributed by atoms with E-state index < -0.39 is 0 Å². The summed E-state index contributed by atoms with van der Waals surface area (Å²) in [6.45, 7) is 4.15. The van der Waals surface area contributed by atoms with Crippen LogP contribution in [0.2, 0.25) is 0 Å². The molecule has 0 amide bonds. The molecule has 0 radical (unpaired) electrons. The number of aryl methyl sites for hydroxylation is 3. The van der Waals surface area contributed by atoms with Crippen LogP contribution in [-0.4, -0.2) is 9.78 Å². The predicted molar refractivity (Wildman–Crippen MR) is 72.9 cm³/mol. The first-order chi connectivity index (χ1) is 8.65. The number of hydrogen-bond donors (Lipinski definition) is 1. The minimum atomic E-state index is 0.607. The van der Waals surface area contributed by atoms with Gasteiger partial charge in [0.05, 0.1) is 5.69 Å². The second kappa shape index (κ2) is 5.12. The van der Waals surface area contributed by atoms with Crippen LogP contribution in [0.3, 0.4) is 0 Å². The zero-order valence-electron chi connectivity index (χ0n) is 11.1. The lowest BCUT2D eigenvalue weighted by Gasteiger charge is -2.07. The molecule has 4 nitrogen and oxygen atoms in total. The fourth-order valence-electron chi connectivity index (χ4n) is 1.87. The van der Waals surface area contributed by atoms with Gasteiger partial charge in [0, 0.05) is 7.05 Å². The maximum absolute atomic E-state index is 6.01. The van der Waals surface area contributed by atoms with E-state index in [4.69, 9.17) is 10.5 Å². The predicted octanol–water partition coefficient (Wildman–Crippen LogP) is 2.92. The Balaban J connectivity index is 2.25. The van der Waals surface area contributed by atoms with Crippen molar-refractivity contribution in [2.45, 2.75) is 26.7 Å². The Kier molecular flexibility index (Phi) is 3.55. The van der Waals surface area contributed by atoms with Gasteiger partial charge in [-0.3, -0.25) is 0 Å². The standard InChI is InChI=1S/C14H19N3O/c1-4-10-6-8-11(9-7-10)18-14-13(15)12(5-2)16-17(14)3/h6-9H,4-5,15H2,1-3H3. The van der Waals surface area contributed by atoms with Crippen LogP contribution in [0.25, 0.3) is 0 Å². The van der Waals surface area contributed by atoms with Gasteiger partial charge in [-0.1, -0.05) is 26.0 Å². The number of ether oxygens (including phenoxy) is 1. The highest BCUT2D eigenvalue weighted by Gasteiger charge is 2.13. The number of benzene rings is 1. The zero-order valence-corrected chi connectivity index (χ0v) is 11.1. The second-order valence-corrected chi connectivity index (χ2v) is 4.24. The molecular formula is C14H19N3O. The molecule has 2 rings (SSSR count). The first-order valence-corrected chi connectivity index (χ1v) is 6.23. The van der Waals surface area contributed by atoms with Gasteiger partial charge < -0.3 is 10.5 Å². The van der Waals surface area contributed by atoms with Crippen LogP contribution in [0.1, 0.15) is 25.1 Å². The molecule has 1 heterocycles. The molecule has 18 heavy (non-hydrogen) atoms. The van der Waals surface area contributed by atoms with Crippen LogP contribution in [0, 0.1) is 0 Å². The molecule has 0 bridgehead atoms. The van der Waals surface area contributed by atoms with E-state index >= 15 is 0 Å². The largest absolute Gasteiger partial charge is 0.437 e. The van der Waals surface area contributed by atoms with Gasteiger partial charge in [-0.25, -0.2) is 4.68 Å². The Morgan fingerprint density at radius 3 is 2.33 bits per heavy atom. The fourth-order valence-corrected chi connectivity index (χ4v) is 1.87. The van der Waals surface area contributed by atoms with Crippen molar-refractivity contribution >= 4 is 5.69 Å². The van der Waals surface area contributed by atoms with Gasteiger partial charge >= 0.3 is 0 Å². The number of rotatable bonds is 4. The Morgan fingerprint density at radius 2 is 1.83 bits per heavy atom. The summed E-state index contributed by atoms with van der Waals surface area (Å²) < 4.78 is 7.48. The highest BCUT2D eigenvalue weighted by Crippen LogP contribution is 2.29. The number of hydrogen-bond acceptors (Lipinski definition) is 3. The van der Waals surface area contributed by atoms with Crippen LogP contribution in [0.5, 0.6) is 11.6 Å². The Morgan fingerprint density at radius 1 is 1.17 bits per heavy atom. The van der Waals surface area contributed by atoms with Gasteiger partial charge in [0.25, 0.3) is 0 Å². The third kappa shape index (κ3) is 2.32. The summed E-state index contributed by atoms with van der Waals surface area (Å²) in [4.78, 5) is 0. The molecule has 0 spiro atoms. The summed E-state index contributed by atoms with van der Waals surface area (Å²) in [7, 11) is 1.84. The number of anilines is 1. The maximum atomic E-state index is 6.01. The second-order valence-electron chi connectivity index (χ2n) is 4.24. The van der Waals surface area contributed by atoms with E-state index in [1.807, 2.05) is 26.1 Å². The molecular weight excluding hydrogens is 226 g/mol.